The van der Waals surface area contributed by atoms with Crippen LogP contribution in [-0.2, 0) is 0 Å². The molecule has 0 amide bonds. The molecule has 4 heteroatoms. The summed E-state index contributed by atoms with van der Waals surface area (Å²) in [5.41, 5.74) is 1.17. The van der Waals surface area contributed by atoms with Gasteiger partial charge in [0.1, 0.15) is 0 Å². The fraction of sp³-hybridized carbons (Fsp3) is 0.615. The molecule has 0 radical (unpaired) electrons. The van der Waals surface area contributed by atoms with E-state index in [0.29, 0.717) is 5.92 Å². The molecule has 17 heavy (non-hydrogen) atoms. The van der Waals surface area contributed by atoms with Gasteiger partial charge in [0.25, 0.3) is 0 Å². The summed E-state index contributed by atoms with van der Waals surface area (Å²) in [6, 6.07) is 1.98. The highest BCUT2D eigenvalue weighted by atomic mass is 32.1. The van der Waals surface area contributed by atoms with Gasteiger partial charge in [-0.25, -0.2) is 0 Å². The third kappa shape index (κ3) is 4.88. The van der Waals surface area contributed by atoms with Crippen LogP contribution in [0, 0.1) is 5.92 Å². The van der Waals surface area contributed by atoms with Crippen LogP contribution >= 0.6 is 11.3 Å². The minimum atomic E-state index is 0.622. The van der Waals surface area contributed by atoms with Crippen LogP contribution in [0.5, 0.6) is 0 Å². The Morgan fingerprint density at radius 1 is 1.35 bits per heavy atom. The van der Waals surface area contributed by atoms with E-state index >= 15 is 0 Å². The van der Waals surface area contributed by atoms with Crippen molar-refractivity contribution in [3.8, 4) is 0 Å². The zero-order chi connectivity index (χ0) is 12.8. The molecular weight excluding hydrogens is 232 g/mol. The van der Waals surface area contributed by atoms with Crippen molar-refractivity contribution in [1.82, 2.24) is 4.90 Å². The third-order valence-corrected chi connectivity index (χ3v) is 3.34. The Hall–Kier alpha value is -0.870. The van der Waals surface area contributed by atoms with Crippen molar-refractivity contribution < 1.29 is 4.79 Å². The third-order valence-electron chi connectivity index (χ3n) is 2.49. The lowest BCUT2D eigenvalue weighted by atomic mass is 10.2. The second-order valence-corrected chi connectivity index (χ2v) is 5.91. The van der Waals surface area contributed by atoms with Crippen LogP contribution in [0.15, 0.2) is 11.4 Å². The first kappa shape index (κ1) is 14.2. The number of aldehydes is 1. The van der Waals surface area contributed by atoms with Gasteiger partial charge < -0.3 is 9.80 Å². The molecule has 0 aliphatic rings. The van der Waals surface area contributed by atoms with Crippen LogP contribution in [0.2, 0.25) is 0 Å². The molecule has 0 N–H and O–H groups in total. The number of carbonyl (C=O) groups excluding carboxylic acids is 1. The highest BCUT2D eigenvalue weighted by molar-refractivity contribution is 7.12. The molecule has 1 heterocycles. The van der Waals surface area contributed by atoms with Gasteiger partial charge >= 0.3 is 0 Å². The Morgan fingerprint density at radius 2 is 2.06 bits per heavy atom. The SMILES string of the molecule is CC(C)CN(CCN(C)C)c1csc(C=O)c1. The van der Waals surface area contributed by atoms with Crippen molar-refractivity contribution in [3.05, 3.63) is 16.3 Å². The molecule has 1 aromatic heterocycles. The quantitative estimate of drug-likeness (QED) is 0.699. The van der Waals surface area contributed by atoms with Gasteiger partial charge in [-0.2, -0.15) is 0 Å². The summed E-state index contributed by atoms with van der Waals surface area (Å²) in [6.45, 7) is 7.49. The predicted molar refractivity (Wildman–Crippen MR) is 75.3 cm³/mol. The first-order valence-corrected chi connectivity index (χ1v) is 6.84. The molecule has 1 aromatic rings. The lowest BCUT2D eigenvalue weighted by Crippen LogP contribution is -2.34. The molecule has 0 saturated carbocycles. The highest BCUT2D eigenvalue weighted by Gasteiger charge is 2.10. The number of carbonyl (C=O) groups is 1. The first-order valence-electron chi connectivity index (χ1n) is 5.96. The van der Waals surface area contributed by atoms with Gasteiger partial charge in [-0.1, -0.05) is 13.8 Å². The highest BCUT2D eigenvalue weighted by Crippen LogP contribution is 2.22. The topological polar surface area (TPSA) is 23.6 Å². The van der Waals surface area contributed by atoms with Gasteiger partial charge in [-0.15, -0.1) is 11.3 Å². The van der Waals surface area contributed by atoms with Crippen LogP contribution in [0.1, 0.15) is 23.5 Å². The van der Waals surface area contributed by atoms with Gasteiger partial charge in [0.15, 0.2) is 6.29 Å². The van der Waals surface area contributed by atoms with E-state index in [1.807, 2.05) is 6.07 Å². The van der Waals surface area contributed by atoms with Crippen molar-refractivity contribution in [3.63, 3.8) is 0 Å². The fourth-order valence-electron chi connectivity index (χ4n) is 1.66. The smallest absolute Gasteiger partial charge is 0.160 e. The standard InChI is InChI=1S/C13H22N2OS/c1-11(2)8-15(6-5-14(3)4)12-7-13(9-16)17-10-12/h7,9-11H,5-6,8H2,1-4H3. The predicted octanol–water partition coefficient (Wildman–Crippen LogP) is 2.58. The van der Waals surface area contributed by atoms with E-state index in [-0.39, 0.29) is 0 Å². The summed E-state index contributed by atoms with van der Waals surface area (Å²) < 4.78 is 0. The second kappa shape index (κ2) is 6.77. The summed E-state index contributed by atoms with van der Waals surface area (Å²) in [5, 5.41) is 2.07. The van der Waals surface area contributed by atoms with Crippen molar-refractivity contribution in [1.29, 1.82) is 0 Å². The van der Waals surface area contributed by atoms with Crippen molar-refractivity contribution in [2.45, 2.75) is 13.8 Å². The van der Waals surface area contributed by atoms with Gasteiger partial charge in [0, 0.05) is 30.7 Å². The van der Waals surface area contributed by atoms with Gasteiger partial charge in [-0.05, 0) is 26.1 Å². The summed E-state index contributed by atoms with van der Waals surface area (Å²) >= 11 is 1.52. The molecule has 0 saturated heterocycles. The molecular formula is C13H22N2OS. The molecule has 0 unspecified atom stereocenters. The zero-order valence-electron chi connectivity index (χ0n) is 11.1. The average Bonchev–Trinajstić information content (AvgIpc) is 2.71. The van der Waals surface area contributed by atoms with Gasteiger partial charge in [0.2, 0.25) is 0 Å². The Balaban J connectivity index is 2.70. The molecule has 0 aliphatic heterocycles. The lowest BCUT2D eigenvalue weighted by molar-refractivity contribution is 0.112. The molecule has 1 rings (SSSR count). The van der Waals surface area contributed by atoms with Crippen molar-refractivity contribution in [2.75, 3.05) is 38.6 Å². The summed E-state index contributed by atoms with van der Waals surface area (Å²) in [7, 11) is 4.16. The molecule has 0 aromatic carbocycles. The molecule has 0 fully saturated rings. The fourth-order valence-corrected chi connectivity index (χ4v) is 2.38. The molecule has 0 atom stereocenters. The molecule has 0 spiro atoms. The largest absolute Gasteiger partial charge is 0.369 e. The number of hydrogen-bond acceptors (Lipinski definition) is 4. The number of likely N-dealkylation sites (N-methyl/N-ethyl adjacent to an activating group) is 1. The Bertz CT molecular complexity index is 347. The molecule has 0 aliphatic carbocycles. The van der Waals surface area contributed by atoms with Crippen LogP contribution in [0.25, 0.3) is 0 Å². The van der Waals surface area contributed by atoms with Crippen LogP contribution < -0.4 is 4.90 Å². The maximum Gasteiger partial charge on any atom is 0.160 e. The van der Waals surface area contributed by atoms with E-state index in [9.17, 15) is 4.79 Å². The lowest BCUT2D eigenvalue weighted by Gasteiger charge is -2.27. The average molecular weight is 254 g/mol. The first-order chi connectivity index (χ1) is 8.02. The normalized spacial score (nSPS) is 11.2. The Labute approximate surface area is 108 Å². The Kier molecular flexibility index (Phi) is 5.65. The summed E-state index contributed by atoms with van der Waals surface area (Å²) in [5.74, 6) is 0.622. The molecule has 96 valence electrons. The monoisotopic (exact) mass is 254 g/mol. The van der Waals surface area contributed by atoms with E-state index in [1.54, 1.807) is 0 Å². The second-order valence-electron chi connectivity index (χ2n) is 4.97. The van der Waals surface area contributed by atoms with Crippen LogP contribution in [-0.4, -0.2) is 44.9 Å². The summed E-state index contributed by atoms with van der Waals surface area (Å²) in [6.07, 6.45) is 0.924. The number of hydrogen-bond donors (Lipinski definition) is 0. The molecule has 3 nitrogen and oxygen atoms in total. The van der Waals surface area contributed by atoms with E-state index in [1.165, 1.54) is 17.0 Å². The van der Waals surface area contributed by atoms with E-state index in [4.69, 9.17) is 0 Å². The number of nitrogens with zero attached hydrogens (tertiary/aromatic N) is 2. The minimum absolute atomic E-state index is 0.622. The minimum Gasteiger partial charge on any atom is -0.369 e. The van der Waals surface area contributed by atoms with Gasteiger partial charge in [-0.3, -0.25) is 4.79 Å². The number of rotatable bonds is 7. The number of anilines is 1. The zero-order valence-corrected chi connectivity index (χ0v) is 12.0. The van der Waals surface area contributed by atoms with E-state index in [0.717, 1.165) is 30.8 Å². The molecule has 0 bridgehead atoms. The van der Waals surface area contributed by atoms with E-state index < -0.39 is 0 Å². The van der Waals surface area contributed by atoms with Gasteiger partial charge in [0.05, 0.1) is 4.88 Å². The van der Waals surface area contributed by atoms with Crippen LogP contribution in [0.3, 0.4) is 0 Å². The van der Waals surface area contributed by atoms with E-state index in [2.05, 4.69) is 43.1 Å². The van der Waals surface area contributed by atoms with Crippen molar-refractivity contribution >= 4 is 23.3 Å². The van der Waals surface area contributed by atoms with Crippen molar-refractivity contribution in [2.24, 2.45) is 5.92 Å². The summed E-state index contributed by atoms with van der Waals surface area (Å²) in [4.78, 5) is 16.1. The van der Waals surface area contributed by atoms with Crippen LogP contribution in [0.4, 0.5) is 5.69 Å². The number of thiophene rings is 1. The maximum atomic E-state index is 10.7. The Morgan fingerprint density at radius 3 is 2.53 bits per heavy atom. The maximum absolute atomic E-state index is 10.7.